The largest absolute Gasteiger partial charge is 0.438 e. The highest BCUT2D eigenvalue weighted by Crippen LogP contribution is 2.23. The molecule has 0 saturated heterocycles. The molecule has 0 saturated carbocycles. The van der Waals surface area contributed by atoms with Crippen molar-refractivity contribution in [3.63, 3.8) is 0 Å². The molecule has 4 rings (SSSR count). The number of hydrogen-bond donors (Lipinski definition) is 1. The molecule has 138 valence electrons. The summed E-state index contributed by atoms with van der Waals surface area (Å²) in [6, 6.07) is 20.0. The number of ether oxygens (including phenoxy) is 1. The molecule has 0 fully saturated rings. The van der Waals surface area contributed by atoms with Gasteiger partial charge in [-0.1, -0.05) is 24.3 Å². The summed E-state index contributed by atoms with van der Waals surface area (Å²) in [7, 11) is 0. The fraction of sp³-hybridized carbons (Fsp3) is 0.0476. The highest BCUT2D eigenvalue weighted by Gasteiger charge is 2.16. The Morgan fingerprint density at radius 1 is 0.893 bits per heavy atom. The highest BCUT2D eigenvalue weighted by atomic mass is 16.5. The second-order valence-corrected chi connectivity index (χ2v) is 5.92. The van der Waals surface area contributed by atoms with Crippen molar-refractivity contribution < 1.29 is 9.53 Å². The van der Waals surface area contributed by atoms with E-state index >= 15 is 0 Å². The number of anilines is 1. The van der Waals surface area contributed by atoms with Crippen LogP contribution in [0.2, 0.25) is 0 Å². The van der Waals surface area contributed by atoms with Gasteiger partial charge in [0.1, 0.15) is 17.1 Å². The van der Waals surface area contributed by atoms with Gasteiger partial charge in [0.05, 0.1) is 18.4 Å². The molecule has 7 heteroatoms. The smallest absolute Gasteiger partial charge is 0.262 e. The van der Waals surface area contributed by atoms with Crippen molar-refractivity contribution in [2.45, 2.75) is 6.54 Å². The summed E-state index contributed by atoms with van der Waals surface area (Å²) in [5.74, 6) is 1.07. The minimum atomic E-state index is -0.332. The highest BCUT2D eigenvalue weighted by molar-refractivity contribution is 6.05. The van der Waals surface area contributed by atoms with Crippen molar-refractivity contribution in [2.24, 2.45) is 0 Å². The maximum Gasteiger partial charge on any atom is 0.262 e. The lowest BCUT2D eigenvalue weighted by Crippen LogP contribution is -2.17. The average Bonchev–Trinajstić information content (AvgIpc) is 3.16. The van der Waals surface area contributed by atoms with Gasteiger partial charge < -0.3 is 10.1 Å². The number of para-hydroxylation sites is 1. The SMILES string of the molecule is O=C(Nc1ccnn1Cc1ccccn1)c1cccnc1Oc1ccccc1. The summed E-state index contributed by atoms with van der Waals surface area (Å²) in [5, 5.41) is 7.13. The second-order valence-electron chi connectivity index (χ2n) is 5.92. The lowest BCUT2D eigenvalue weighted by atomic mass is 10.2. The van der Waals surface area contributed by atoms with Gasteiger partial charge >= 0.3 is 0 Å². The van der Waals surface area contributed by atoms with Crippen molar-refractivity contribution in [3.8, 4) is 11.6 Å². The van der Waals surface area contributed by atoms with Gasteiger partial charge in [0.25, 0.3) is 5.91 Å². The Hall–Kier alpha value is -4.00. The molecule has 3 aromatic heterocycles. The molecule has 3 heterocycles. The summed E-state index contributed by atoms with van der Waals surface area (Å²) in [6.07, 6.45) is 4.93. The molecule has 0 aliphatic rings. The summed E-state index contributed by atoms with van der Waals surface area (Å²) in [6.45, 7) is 0.448. The molecule has 28 heavy (non-hydrogen) atoms. The summed E-state index contributed by atoms with van der Waals surface area (Å²) in [4.78, 5) is 21.3. The quantitative estimate of drug-likeness (QED) is 0.558. The molecule has 0 radical (unpaired) electrons. The number of pyridine rings is 2. The molecule has 0 unspecified atom stereocenters. The predicted molar refractivity (Wildman–Crippen MR) is 104 cm³/mol. The van der Waals surface area contributed by atoms with E-state index < -0.39 is 0 Å². The van der Waals surface area contributed by atoms with E-state index in [1.165, 1.54) is 0 Å². The Morgan fingerprint density at radius 2 is 1.71 bits per heavy atom. The fourth-order valence-electron chi connectivity index (χ4n) is 2.64. The Morgan fingerprint density at radius 3 is 2.54 bits per heavy atom. The van der Waals surface area contributed by atoms with Crippen LogP contribution < -0.4 is 10.1 Å². The Balaban J connectivity index is 1.53. The normalized spacial score (nSPS) is 10.4. The van der Waals surface area contributed by atoms with E-state index in [-0.39, 0.29) is 11.8 Å². The topological polar surface area (TPSA) is 81.9 Å². The van der Waals surface area contributed by atoms with Crippen molar-refractivity contribution >= 4 is 11.7 Å². The van der Waals surface area contributed by atoms with Crippen LogP contribution >= 0.6 is 0 Å². The molecular formula is C21H17N5O2. The van der Waals surface area contributed by atoms with Crippen LogP contribution in [0.4, 0.5) is 5.82 Å². The third-order valence-corrected chi connectivity index (χ3v) is 3.97. The van der Waals surface area contributed by atoms with E-state index in [0.717, 1.165) is 5.69 Å². The first kappa shape index (κ1) is 17.4. The van der Waals surface area contributed by atoms with Crippen LogP contribution in [-0.2, 0) is 6.54 Å². The minimum absolute atomic E-state index is 0.238. The standard InChI is InChI=1S/C21H17N5O2/c27-20(18-10-6-13-23-21(18)28-17-8-2-1-3-9-17)25-19-11-14-24-26(19)15-16-7-4-5-12-22-16/h1-14H,15H2,(H,25,27). The van der Waals surface area contributed by atoms with E-state index in [1.807, 2.05) is 36.4 Å². The molecule has 4 aromatic rings. The van der Waals surface area contributed by atoms with Crippen LogP contribution in [0.25, 0.3) is 0 Å². The summed E-state index contributed by atoms with van der Waals surface area (Å²) in [5.41, 5.74) is 1.17. The van der Waals surface area contributed by atoms with Gasteiger partial charge in [0, 0.05) is 18.5 Å². The van der Waals surface area contributed by atoms with E-state index in [2.05, 4.69) is 20.4 Å². The zero-order chi connectivity index (χ0) is 19.2. The summed E-state index contributed by atoms with van der Waals surface area (Å²) >= 11 is 0. The number of hydrogen-bond acceptors (Lipinski definition) is 5. The molecule has 0 aliphatic heterocycles. The van der Waals surface area contributed by atoms with E-state index in [4.69, 9.17) is 4.74 Å². The lowest BCUT2D eigenvalue weighted by molar-refractivity contribution is 0.102. The number of carbonyl (C=O) groups excluding carboxylic acids is 1. The number of aromatic nitrogens is 4. The maximum absolute atomic E-state index is 12.8. The zero-order valence-electron chi connectivity index (χ0n) is 14.9. The van der Waals surface area contributed by atoms with Crippen LogP contribution in [0, 0.1) is 0 Å². The number of benzene rings is 1. The van der Waals surface area contributed by atoms with Gasteiger partial charge in [-0.3, -0.25) is 9.78 Å². The van der Waals surface area contributed by atoms with Gasteiger partial charge in [-0.2, -0.15) is 5.10 Å². The minimum Gasteiger partial charge on any atom is -0.438 e. The zero-order valence-corrected chi connectivity index (χ0v) is 14.9. The first-order valence-corrected chi connectivity index (χ1v) is 8.70. The number of carbonyl (C=O) groups is 1. The van der Waals surface area contributed by atoms with Crippen molar-refractivity contribution in [2.75, 3.05) is 5.32 Å². The Bertz CT molecular complexity index is 1060. The fourth-order valence-corrected chi connectivity index (χ4v) is 2.64. The molecule has 0 bridgehead atoms. The van der Waals surface area contributed by atoms with E-state index in [9.17, 15) is 4.79 Å². The first-order chi connectivity index (χ1) is 13.8. The van der Waals surface area contributed by atoms with Gasteiger partial charge in [0.15, 0.2) is 0 Å². The van der Waals surface area contributed by atoms with E-state index in [0.29, 0.717) is 23.7 Å². The molecule has 7 nitrogen and oxygen atoms in total. The monoisotopic (exact) mass is 371 g/mol. The molecule has 0 atom stereocenters. The van der Waals surface area contributed by atoms with Crippen LogP contribution in [0.15, 0.2) is 85.3 Å². The predicted octanol–water partition coefficient (Wildman–Crippen LogP) is 3.77. The third-order valence-electron chi connectivity index (χ3n) is 3.97. The van der Waals surface area contributed by atoms with Gasteiger partial charge in [-0.25, -0.2) is 9.67 Å². The van der Waals surface area contributed by atoms with Gasteiger partial charge in [-0.05, 0) is 36.4 Å². The first-order valence-electron chi connectivity index (χ1n) is 8.70. The Labute approximate surface area is 161 Å². The third kappa shape index (κ3) is 4.04. The number of nitrogens with zero attached hydrogens (tertiary/aromatic N) is 4. The lowest BCUT2D eigenvalue weighted by Gasteiger charge is -2.11. The maximum atomic E-state index is 12.8. The van der Waals surface area contributed by atoms with Gasteiger partial charge in [-0.15, -0.1) is 0 Å². The van der Waals surface area contributed by atoms with Crippen LogP contribution in [0.5, 0.6) is 11.6 Å². The Kier molecular flexibility index (Phi) is 5.06. The second kappa shape index (κ2) is 8.13. The van der Waals surface area contributed by atoms with Crippen molar-refractivity contribution in [1.82, 2.24) is 19.7 Å². The number of rotatable bonds is 6. The van der Waals surface area contributed by atoms with Crippen LogP contribution in [0.1, 0.15) is 16.1 Å². The number of nitrogens with one attached hydrogen (secondary N) is 1. The summed E-state index contributed by atoms with van der Waals surface area (Å²) < 4.78 is 7.45. The van der Waals surface area contributed by atoms with E-state index in [1.54, 1.807) is 53.6 Å². The number of amides is 1. The molecule has 0 spiro atoms. The van der Waals surface area contributed by atoms with Crippen molar-refractivity contribution in [1.29, 1.82) is 0 Å². The van der Waals surface area contributed by atoms with Crippen LogP contribution in [-0.4, -0.2) is 25.7 Å². The van der Waals surface area contributed by atoms with Gasteiger partial charge in [0.2, 0.25) is 5.88 Å². The van der Waals surface area contributed by atoms with Crippen LogP contribution in [0.3, 0.4) is 0 Å². The molecule has 1 N–H and O–H groups in total. The average molecular weight is 371 g/mol. The molecular weight excluding hydrogens is 354 g/mol. The molecule has 1 amide bonds. The van der Waals surface area contributed by atoms with Crippen molar-refractivity contribution in [3.05, 3.63) is 96.6 Å². The molecule has 1 aromatic carbocycles. The molecule has 0 aliphatic carbocycles.